The van der Waals surface area contributed by atoms with Crippen molar-refractivity contribution in [1.82, 2.24) is 9.78 Å². The van der Waals surface area contributed by atoms with Crippen LogP contribution in [0.2, 0.25) is 0 Å². The maximum absolute atomic E-state index is 10.5. The molecule has 4 fully saturated rings. The number of aryl methyl sites for hydroxylation is 1. The molecule has 3 nitrogen and oxygen atoms in total. The van der Waals surface area contributed by atoms with Gasteiger partial charge in [0.2, 0.25) is 0 Å². The van der Waals surface area contributed by atoms with Crippen LogP contribution in [-0.2, 0) is 7.05 Å². The first-order valence-electron chi connectivity index (χ1n) is 7.78. The number of nitrogens with zero attached hydrogens (tertiary/aromatic N) is 2. The molecule has 1 N–H and O–H groups in total. The molecular formula is C16H24N2O. The molecular weight excluding hydrogens is 236 g/mol. The second-order valence-corrected chi connectivity index (χ2v) is 7.58. The van der Waals surface area contributed by atoms with E-state index in [1.165, 1.54) is 38.5 Å². The summed E-state index contributed by atoms with van der Waals surface area (Å²) >= 11 is 0. The van der Waals surface area contributed by atoms with Crippen molar-refractivity contribution < 1.29 is 5.11 Å². The van der Waals surface area contributed by atoms with Crippen molar-refractivity contribution in [1.29, 1.82) is 0 Å². The lowest BCUT2D eigenvalue weighted by Crippen LogP contribution is -2.46. The van der Waals surface area contributed by atoms with Crippen LogP contribution in [0.25, 0.3) is 0 Å². The van der Waals surface area contributed by atoms with Crippen molar-refractivity contribution in [2.75, 3.05) is 0 Å². The molecule has 0 spiro atoms. The molecule has 0 aliphatic heterocycles. The fraction of sp³-hybridized carbons (Fsp3) is 0.812. The Labute approximate surface area is 115 Å². The molecule has 0 radical (unpaired) electrons. The third-order valence-electron chi connectivity index (χ3n) is 5.90. The van der Waals surface area contributed by atoms with Gasteiger partial charge in [-0.05, 0) is 68.1 Å². The van der Waals surface area contributed by atoms with Crippen LogP contribution < -0.4 is 0 Å². The average molecular weight is 260 g/mol. The van der Waals surface area contributed by atoms with Gasteiger partial charge in [0, 0.05) is 18.8 Å². The van der Waals surface area contributed by atoms with Crippen molar-refractivity contribution >= 4 is 0 Å². The molecule has 0 amide bonds. The van der Waals surface area contributed by atoms with Gasteiger partial charge in [0.15, 0.2) is 0 Å². The number of hydrogen-bond donors (Lipinski definition) is 1. The standard InChI is InChI=1S/C16H24N2O/c1-18-10-14(9-17-18)15(19)8-16-5-11-2-12(6-16)4-13(3-11)7-16/h9-13,15,19H,2-8H2,1H3. The Hall–Kier alpha value is -0.830. The largest absolute Gasteiger partial charge is 0.388 e. The highest BCUT2D eigenvalue weighted by atomic mass is 16.3. The fourth-order valence-corrected chi connectivity index (χ4v) is 5.68. The van der Waals surface area contributed by atoms with Crippen LogP contribution in [-0.4, -0.2) is 14.9 Å². The summed E-state index contributed by atoms with van der Waals surface area (Å²) in [5.41, 5.74) is 1.45. The van der Waals surface area contributed by atoms with Crippen LogP contribution in [0.3, 0.4) is 0 Å². The molecule has 3 heteroatoms. The summed E-state index contributed by atoms with van der Waals surface area (Å²) in [5, 5.41) is 14.7. The quantitative estimate of drug-likeness (QED) is 0.907. The van der Waals surface area contributed by atoms with Crippen molar-refractivity contribution in [3.63, 3.8) is 0 Å². The lowest BCUT2D eigenvalue weighted by Gasteiger charge is -2.57. The van der Waals surface area contributed by atoms with Gasteiger partial charge in [-0.1, -0.05) is 0 Å². The molecule has 0 aromatic carbocycles. The van der Waals surface area contributed by atoms with Crippen LogP contribution in [0.1, 0.15) is 56.6 Å². The van der Waals surface area contributed by atoms with Gasteiger partial charge >= 0.3 is 0 Å². The van der Waals surface area contributed by atoms with Crippen LogP contribution >= 0.6 is 0 Å². The Morgan fingerprint density at radius 1 is 1.26 bits per heavy atom. The van der Waals surface area contributed by atoms with Crippen LogP contribution in [0.15, 0.2) is 12.4 Å². The highest BCUT2D eigenvalue weighted by Gasteiger charge is 2.51. The number of rotatable bonds is 3. The number of aromatic nitrogens is 2. The third kappa shape index (κ3) is 2.03. The number of aliphatic hydroxyl groups excluding tert-OH is 1. The van der Waals surface area contributed by atoms with Gasteiger partial charge in [-0.15, -0.1) is 0 Å². The van der Waals surface area contributed by atoms with E-state index in [-0.39, 0.29) is 6.10 Å². The highest BCUT2D eigenvalue weighted by molar-refractivity contribution is 5.11. The van der Waals surface area contributed by atoms with Crippen LogP contribution in [0.5, 0.6) is 0 Å². The van der Waals surface area contributed by atoms with Gasteiger partial charge in [-0.25, -0.2) is 0 Å². The number of hydrogen-bond acceptors (Lipinski definition) is 2. The molecule has 4 bridgehead atoms. The molecule has 1 aromatic heterocycles. The first-order valence-corrected chi connectivity index (χ1v) is 7.78. The van der Waals surface area contributed by atoms with E-state index in [1.807, 2.05) is 19.4 Å². The predicted octanol–water partition coefficient (Wildman–Crippen LogP) is 3.06. The Bertz CT molecular complexity index is 444. The average Bonchev–Trinajstić information content (AvgIpc) is 2.73. The van der Waals surface area contributed by atoms with E-state index < -0.39 is 0 Å². The summed E-state index contributed by atoms with van der Waals surface area (Å²) in [4.78, 5) is 0. The monoisotopic (exact) mass is 260 g/mol. The zero-order valence-corrected chi connectivity index (χ0v) is 11.8. The molecule has 4 aliphatic carbocycles. The van der Waals surface area contributed by atoms with E-state index >= 15 is 0 Å². The first-order chi connectivity index (χ1) is 9.12. The zero-order valence-electron chi connectivity index (χ0n) is 11.8. The minimum Gasteiger partial charge on any atom is -0.388 e. The summed E-state index contributed by atoms with van der Waals surface area (Å²) in [5.74, 6) is 2.90. The summed E-state index contributed by atoms with van der Waals surface area (Å²) in [7, 11) is 1.92. The number of aliphatic hydroxyl groups is 1. The zero-order chi connectivity index (χ0) is 13.0. The second-order valence-electron chi connectivity index (χ2n) is 7.58. The molecule has 4 saturated carbocycles. The van der Waals surface area contributed by atoms with E-state index in [9.17, 15) is 5.11 Å². The maximum atomic E-state index is 10.5. The molecule has 0 saturated heterocycles. The summed E-state index contributed by atoms with van der Waals surface area (Å²) < 4.78 is 1.79. The Morgan fingerprint density at radius 3 is 2.32 bits per heavy atom. The normalized spacial score (nSPS) is 41.7. The van der Waals surface area contributed by atoms with Gasteiger partial charge in [0.05, 0.1) is 12.3 Å². The van der Waals surface area contributed by atoms with E-state index in [1.54, 1.807) is 4.68 Å². The van der Waals surface area contributed by atoms with Crippen LogP contribution in [0, 0.1) is 23.2 Å². The molecule has 104 valence electrons. The molecule has 4 aliphatic rings. The fourth-order valence-electron chi connectivity index (χ4n) is 5.68. The lowest BCUT2D eigenvalue weighted by molar-refractivity contribution is -0.0764. The van der Waals surface area contributed by atoms with E-state index in [2.05, 4.69) is 5.10 Å². The van der Waals surface area contributed by atoms with Crippen LogP contribution in [0.4, 0.5) is 0 Å². The molecule has 1 aromatic rings. The lowest BCUT2D eigenvalue weighted by atomic mass is 9.48. The van der Waals surface area contributed by atoms with Gasteiger partial charge in [0.1, 0.15) is 0 Å². The predicted molar refractivity (Wildman–Crippen MR) is 73.4 cm³/mol. The SMILES string of the molecule is Cn1cc(C(O)CC23CC4CC(CC(C4)C2)C3)cn1. The summed E-state index contributed by atoms with van der Waals surface area (Å²) in [6.07, 6.45) is 13.0. The van der Waals surface area contributed by atoms with Crippen molar-refractivity contribution in [3.05, 3.63) is 18.0 Å². The topological polar surface area (TPSA) is 38.0 Å². The Kier molecular flexibility index (Phi) is 2.57. The Balaban J connectivity index is 1.53. The minimum absolute atomic E-state index is 0.315. The van der Waals surface area contributed by atoms with Gasteiger partial charge in [-0.2, -0.15) is 5.10 Å². The maximum Gasteiger partial charge on any atom is 0.0825 e. The highest BCUT2D eigenvalue weighted by Crippen LogP contribution is 2.62. The summed E-state index contributed by atoms with van der Waals surface area (Å²) in [6.45, 7) is 0. The van der Waals surface area contributed by atoms with Crippen molar-refractivity contribution in [3.8, 4) is 0 Å². The second kappa shape index (κ2) is 4.08. The van der Waals surface area contributed by atoms with Gasteiger partial charge in [-0.3, -0.25) is 4.68 Å². The molecule has 1 unspecified atom stereocenters. The van der Waals surface area contributed by atoms with Gasteiger partial charge in [0.25, 0.3) is 0 Å². The summed E-state index contributed by atoms with van der Waals surface area (Å²) in [6, 6.07) is 0. The minimum atomic E-state index is -0.315. The van der Waals surface area contributed by atoms with E-state index in [4.69, 9.17) is 0 Å². The molecule has 1 heterocycles. The third-order valence-corrected chi connectivity index (χ3v) is 5.90. The smallest absolute Gasteiger partial charge is 0.0825 e. The molecule has 19 heavy (non-hydrogen) atoms. The molecule has 1 atom stereocenters. The van der Waals surface area contributed by atoms with E-state index in [0.717, 1.165) is 29.7 Å². The van der Waals surface area contributed by atoms with E-state index in [0.29, 0.717) is 5.41 Å². The Morgan fingerprint density at radius 2 is 1.84 bits per heavy atom. The van der Waals surface area contributed by atoms with Crippen molar-refractivity contribution in [2.45, 2.75) is 51.0 Å². The molecule has 5 rings (SSSR count). The van der Waals surface area contributed by atoms with Gasteiger partial charge < -0.3 is 5.11 Å². The first kappa shape index (κ1) is 12.0. The van der Waals surface area contributed by atoms with Crippen molar-refractivity contribution in [2.24, 2.45) is 30.2 Å².